The van der Waals surface area contributed by atoms with E-state index in [0.717, 1.165) is 7.11 Å². The van der Waals surface area contributed by atoms with Gasteiger partial charge in [-0.05, 0) is 40.2 Å². The Kier molecular flexibility index (Phi) is 5.08. The van der Waals surface area contributed by atoms with Crippen molar-refractivity contribution >= 4 is 15.9 Å². The summed E-state index contributed by atoms with van der Waals surface area (Å²) in [5.41, 5.74) is -0.768. The van der Waals surface area contributed by atoms with Crippen molar-refractivity contribution in [2.45, 2.75) is 6.18 Å². The highest BCUT2D eigenvalue weighted by atomic mass is 79.9. The SMILES string of the molecule is COc1nc(-c2ccc(Br)nc2)nc(Oc2ccccc2)c1C(F)(F)F. The molecule has 0 unspecified atom stereocenters. The fraction of sp³-hybridized carbons (Fsp3) is 0.118. The Morgan fingerprint density at radius 1 is 0.962 bits per heavy atom. The molecule has 5 nitrogen and oxygen atoms in total. The Balaban J connectivity index is 2.17. The minimum Gasteiger partial charge on any atom is -0.480 e. The number of halogens is 4. The van der Waals surface area contributed by atoms with E-state index in [1.165, 1.54) is 18.3 Å². The van der Waals surface area contributed by atoms with Crippen LogP contribution in [0.1, 0.15) is 5.56 Å². The number of para-hydroxylation sites is 1. The van der Waals surface area contributed by atoms with Crippen molar-refractivity contribution in [3.05, 3.63) is 58.8 Å². The summed E-state index contributed by atoms with van der Waals surface area (Å²) in [6.07, 6.45) is -3.33. The van der Waals surface area contributed by atoms with Crippen molar-refractivity contribution in [2.75, 3.05) is 7.11 Å². The number of nitrogens with zero attached hydrogens (tertiary/aromatic N) is 3. The van der Waals surface area contributed by atoms with Crippen LogP contribution in [-0.2, 0) is 6.18 Å². The first-order chi connectivity index (χ1) is 12.4. The summed E-state index contributed by atoms with van der Waals surface area (Å²) < 4.78 is 51.4. The molecule has 0 N–H and O–H groups in total. The summed E-state index contributed by atoms with van der Waals surface area (Å²) in [6, 6.07) is 11.3. The number of pyridine rings is 1. The van der Waals surface area contributed by atoms with Crippen molar-refractivity contribution in [3.63, 3.8) is 0 Å². The Hall–Kier alpha value is -2.68. The molecule has 0 radical (unpaired) electrons. The van der Waals surface area contributed by atoms with Crippen LogP contribution in [0.25, 0.3) is 11.4 Å². The smallest absolute Gasteiger partial charge is 0.426 e. The number of hydrogen-bond acceptors (Lipinski definition) is 5. The normalized spacial score (nSPS) is 11.3. The van der Waals surface area contributed by atoms with Crippen LogP contribution in [0.3, 0.4) is 0 Å². The van der Waals surface area contributed by atoms with Crippen molar-refractivity contribution in [1.29, 1.82) is 0 Å². The van der Waals surface area contributed by atoms with Gasteiger partial charge in [0.2, 0.25) is 11.8 Å². The molecular weight excluding hydrogens is 415 g/mol. The third-order valence-electron chi connectivity index (χ3n) is 3.26. The first kappa shape index (κ1) is 18.1. The third kappa shape index (κ3) is 3.93. The standard InChI is InChI=1S/C17H11BrF3N3O2/c1-25-15-13(17(19,20)21)16(26-11-5-3-2-4-6-11)24-14(23-15)10-7-8-12(18)22-9-10/h2-9H,1H3. The van der Waals surface area contributed by atoms with Gasteiger partial charge in [0.15, 0.2) is 11.4 Å². The number of ether oxygens (including phenoxy) is 2. The lowest BCUT2D eigenvalue weighted by atomic mass is 10.2. The molecular formula is C17H11BrF3N3O2. The van der Waals surface area contributed by atoms with E-state index in [1.807, 2.05) is 0 Å². The quantitative estimate of drug-likeness (QED) is 0.542. The van der Waals surface area contributed by atoms with Gasteiger partial charge >= 0.3 is 6.18 Å². The molecule has 0 amide bonds. The largest absolute Gasteiger partial charge is 0.480 e. The van der Waals surface area contributed by atoms with Crippen molar-refractivity contribution in [2.24, 2.45) is 0 Å². The van der Waals surface area contributed by atoms with Crippen LogP contribution in [0.2, 0.25) is 0 Å². The Bertz CT molecular complexity index is 904. The van der Waals surface area contributed by atoms with Gasteiger partial charge in [0.25, 0.3) is 0 Å². The summed E-state index contributed by atoms with van der Waals surface area (Å²) in [5.74, 6) is -1.07. The first-order valence-corrected chi connectivity index (χ1v) is 8.06. The predicted molar refractivity (Wildman–Crippen MR) is 91.0 cm³/mol. The maximum atomic E-state index is 13.5. The predicted octanol–water partition coefficient (Wildman–Crippen LogP) is 5.12. The lowest BCUT2D eigenvalue weighted by Crippen LogP contribution is -2.13. The maximum absolute atomic E-state index is 13.5. The molecule has 0 saturated carbocycles. The van der Waals surface area contributed by atoms with Crippen LogP contribution in [0.4, 0.5) is 13.2 Å². The summed E-state index contributed by atoms with van der Waals surface area (Å²) in [7, 11) is 1.10. The van der Waals surface area contributed by atoms with Gasteiger partial charge in [0.1, 0.15) is 10.4 Å². The van der Waals surface area contributed by atoms with Gasteiger partial charge in [-0.25, -0.2) is 4.98 Å². The molecule has 3 rings (SSSR count). The molecule has 0 spiro atoms. The number of methoxy groups -OCH3 is 1. The molecule has 2 heterocycles. The zero-order chi connectivity index (χ0) is 18.7. The number of benzene rings is 1. The van der Waals surface area contributed by atoms with E-state index in [4.69, 9.17) is 9.47 Å². The van der Waals surface area contributed by atoms with Gasteiger partial charge in [0, 0.05) is 11.8 Å². The molecule has 0 atom stereocenters. The fourth-order valence-electron chi connectivity index (χ4n) is 2.12. The highest BCUT2D eigenvalue weighted by Crippen LogP contribution is 2.43. The minimum atomic E-state index is -4.76. The number of alkyl halides is 3. The minimum absolute atomic E-state index is 0.000723. The Labute approximate surface area is 155 Å². The van der Waals surface area contributed by atoms with Crippen LogP contribution in [0, 0.1) is 0 Å². The van der Waals surface area contributed by atoms with E-state index in [-0.39, 0.29) is 11.6 Å². The van der Waals surface area contributed by atoms with Gasteiger partial charge in [-0.2, -0.15) is 23.1 Å². The molecule has 9 heteroatoms. The van der Waals surface area contributed by atoms with Crippen molar-refractivity contribution < 1.29 is 22.6 Å². The molecule has 3 aromatic rings. The molecule has 134 valence electrons. The number of aromatic nitrogens is 3. The average molecular weight is 426 g/mol. The van der Waals surface area contributed by atoms with Gasteiger partial charge in [0.05, 0.1) is 7.11 Å². The van der Waals surface area contributed by atoms with Crippen LogP contribution >= 0.6 is 15.9 Å². The van der Waals surface area contributed by atoms with E-state index < -0.39 is 23.5 Å². The van der Waals surface area contributed by atoms with Gasteiger partial charge in [-0.1, -0.05) is 18.2 Å². The zero-order valence-electron chi connectivity index (χ0n) is 13.3. The number of rotatable bonds is 4. The highest BCUT2D eigenvalue weighted by molar-refractivity contribution is 9.10. The van der Waals surface area contributed by atoms with Crippen LogP contribution in [0.5, 0.6) is 17.5 Å². The van der Waals surface area contributed by atoms with E-state index in [1.54, 1.807) is 30.3 Å². The summed E-state index contributed by atoms with van der Waals surface area (Å²) >= 11 is 3.19. The Morgan fingerprint density at radius 3 is 2.23 bits per heavy atom. The lowest BCUT2D eigenvalue weighted by molar-refractivity contribution is -0.140. The van der Waals surface area contributed by atoms with Crippen molar-refractivity contribution in [3.8, 4) is 28.9 Å². The van der Waals surface area contributed by atoms with E-state index in [2.05, 4.69) is 30.9 Å². The van der Waals surface area contributed by atoms with E-state index in [9.17, 15) is 13.2 Å². The second-order valence-corrected chi connectivity index (χ2v) is 5.83. The lowest BCUT2D eigenvalue weighted by Gasteiger charge is -2.16. The van der Waals surface area contributed by atoms with Gasteiger partial charge in [-0.3, -0.25) is 0 Å². The summed E-state index contributed by atoms with van der Waals surface area (Å²) in [4.78, 5) is 11.9. The summed E-state index contributed by atoms with van der Waals surface area (Å²) in [6.45, 7) is 0. The average Bonchev–Trinajstić information content (AvgIpc) is 2.61. The second kappa shape index (κ2) is 7.28. The zero-order valence-corrected chi connectivity index (χ0v) is 14.9. The topological polar surface area (TPSA) is 57.1 Å². The van der Waals surface area contributed by atoms with Crippen LogP contribution in [-0.4, -0.2) is 22.1 Å². The van der Waals surface area contributed by atoms with Gasteiger partial charge < -0.3 is 9.47 Å². The molecule has 2 aromatic heterocycles. The van der Waals surface area contributed by atoms with E-state index >= 15 is 0 Å². The van der Waals surface area contributed by atoms with E-state index in [0.29, 0.717) is 10.2 Å². The molecule has 0 saturated heterocycles. The monoisotopic (exact) mass is 425 g/mol. The molecule has 0 fully saturated rings. The third-order valence-corrected chi connectivity index (χ3v) is 3.73. The fourth-order valence-corrected chi connectivity index (χ4v) is 2.36. The molecule has 1 aromatic carbocycles. The van der Waals surface area contributed by atoms with Crippen LogP contribution in [0.15, 0.2) is 53.3 Å². The second-order valence-electron chi connectivity index (χ2n) is 5.02. The molecule has 0 bridgehead atoms. The van der Waals surface area contributed by atoms with Crippen molar-refractivity contribution in [1.82, 2.24) is 15.0 Å². The Morgan fingerprint density at radius 2 is 1.65 bits per heavy atom. The highest BCUT2D eigenvalue weighted by Gasteiger charge is 2.41. The molecule has 26 heavy (non-hydrogen) atoms. The maximum Gasteiger partial charge on any atom is 0.426 e. The number of hydrogen-bond donors (Lipinski definition) is 0. The van der Waals surface area contributed by atoms with Gasteiger partial charge in [-0.15, -0.1) is 0 Å². The van der Waals surface area contributed by atoms with Crippen LogP contribution < -0.4 is 9.47 Å². The molecule has 0 aliphatic heterocycles. The first-order valence-electron chi connectivity index (χ1n) is 7.26. The molecule has 0 aliphatic carbocycles. The summed E-state index contributed by atoms with van der Waals surface area (Å²) in [5, 5.41) is 0. The molecule has 0 aliphatic rings.